The van der Waals surface area contributed by atoms with Gasteiger partial charge in [0.2, 0.25) is 0 Å². The van der Waals surface area contributed by atoms with Crippen LogP contribution in [0, 0.1) is 0 Å². The lowest BCUT2D eigenvalue weighted by Crippen LogP contribution is -2.09. The topological polar surface area (TPSA) is 83.4 Å². The molecule has 0 bridgehead atoms. The molecule has 2 heterocycles. The molecule has 1 fully saturated rings. The van der Waals surface area contributed by atoms with Gasteiger partial charge in [-0.15, -0.1) is 0 Å². The highest BCUT2D eigenvalue weighted by atomic mass is 16.5. The zero-order chi connectivity index (χ0) is 13.9. The van der Waals surface area contributed by atoms with Gasteiger partial charge in [0, 0.05) is 24.8 Å². The Bertz CT molecular complexity index is 591. The molecular formula is C14H17N3O3. The largest absolute Gasteiger partial charge is 0.496 e. The molecule has 1 unspecified atom stereocenters. The lowest BCUT2D eigenvalue weighted by Gasteiger charge is -2.05. The molecule has 0 spiro atoms. The van der Waals surface area contributed by atoms with Gasteiger partial charge in [0.15, 0.2) is 5.82 Å². The number of nitrogens with zero attached hydrogens (tertiary/aromatic N) is 2. The maximum atomic E-state index is 5.73. The Hall–Kier alpha value is -2.08. The molecule has 1 aromatic carbocycles. The fraction of sp³-hybridized carbons (Fsp3) is 0.429. The lowest BCUT2D eigenvalue weighted by atomic mass is 10.1. The van der Waals surface area contributed by atoms with Crippen molar-refractivity contribution in [2.75, 3.05) is 19.5 Å². The van der Waals surface area contributed by atoms with E-state index >= 15 is 0 Å². The van der Waals surface area contributed by atoms with Gasteiger partial charge in [-0.2, -0.15) is 4.98 Å². The van der Waals surface area contributed by atoms with Crippen LogP contribution in [-0.4, -0.2) is 30.0 Å². The molecule has 1 aliphatic heterocycles. The van der Waals surface area contributed by atoms with Crippen LogP contribution < -0.4 is 10.5 Å². The number of methoxy groups -OCH3 is 1. The van der Waals surface area contributed by atoms with Gasteiger partial charge in [0.1, 0.15) is 5.75 Å². The molecule has 1 aliphatic rings. The number of anilines is 1. The van der Waals surface area contributed by atoms with E-state index in [2.05, 4.69) is 10.1 Å². The highest BCUT2D eigenvalue weighted by Gasteiger charge is 2.20. The zero-order valence-electron chi connectivity index (χ0n) is 11.3. The van der Waals surface area contributed by atoms with Gasteiger partial charge in [-0.05, 0) is 25.0 Å². The predicted octanol–water partition coefficient (Wildman–Crippen LogP) is 2.05. The summed E-state index contributed by atoms with van der Waals surface area (Å²) in [6.07, 6.45) is 3.03. The molecule has 1 aromatic heterocycles. The number of hydrogen-bond donors (Lipinski definition) is 1. The summed E-state index contributed by atoms with van der Waals surface area (Å²) in [7, 11) is 1.59. The van der Waals surface area contributed by atoms with Gasteiger partial charge in [0.05, 0.1) is 18.8 Å². The van der Waals surface area contributed by atoms with Crippen molar-refractivity contribution in [1.82, 2.24) is 10.1 Å². The molecule has 2 aromatic rings. The highest BCUT2D eigenvalue weighted by Crippen LogP contribution is 2.30. The van der Waals surface area contributed by atoms with Crippen molar-refractivity contribution in [2.24, 2.45) is 0 Å². The molecule has 0 radical (unpaired) electrons. The van der Waals surface area contributed by atoms with Crippen LogP contribution in [0.3, 0.4) is 0 Å². The molecule has 0 amide bonds. The van der Waals surface area contributed by atoms with Crippen LogP contribution in [-0.2, 0) is 11.2 Å². The van der Waals surface area contributed by atoms with Gasteiger partial charge in [-0.1, -0.05) is 5.16 Å². The number of aromatic nitrogens is 2. The van der Waals surface area contributed by atoms with Crippen LogP contribution in [0.25, 0.3) is 11.5 Å². The summed E-state index contributed by atoms with van der Waals surface area (Å²) in [5, 5.41) is 4.00. The van der Waals surface area contributed by atoms with Crippen LogP contribution in [0.2, 0.25) is 0 Å². The summed E-state index contributed by atoms with van der Waals surface area (Å²) >= 11 is 0. The van der Waals surface area contributed by atoms with Gasteiger partial charge in [-0.25, -0.2) is 0 Å². The maximum Gasteiger partial charge on any atom is 0.261 e. The quantitative estimate of drug-likeness (QED) is 0.860. The molecule has 106 valence electrons. The first kappa shape index (κ1) is 12.9. The summed E-state index contributed by atoms with van der Waals surface area (Å²) in [5.41, 5.74) is 7.10. The van der Waals surface area contributed by atoms with Crippen LogP contribution in [0.4, 0.5) is 5.69 Å². The first-order chi connectivity index (χ1) is 9.76. The van der Waals surface area contributed by atoms with E-state index in [-0.39, 0.29) is 6.10 Å². The van der Waals surface area contributed by atoms with E-state index in [4.69, 9.17) is 19.7 Å². The minimum Gasteiger partial charge on any atom is -0.496 e. The normalized spacial score (nSPS) is 18.4. The van der Waals surface area contributed by atoms with Crippen LogP contribution in [0.5, 0.6) is 5.75 Å². The minimum absolute atomic E-state index is 0.203. The first-order valence-corrected chi connectivity index (χ1v) is 6.64. The summed E-state index contributed by atoms with van der Waals surface area (Å²) in [6, 6.07) is 5.33. The van der Waals surface area contributed by atoms with Crippen LogP contribution >= 0.6 is 0 Å². The standard InChI is InChI=1S/C14H17N3O3/c1-18-12-7-9(15)4-5-11(12)14-16-13(17-20-14)8-10-3-2-6-19-10/h4-5,7,10H,2-3,6,8,15H2,1H3. The van der Waals surface area contributed by atoms with Gasteiger partial charge >= 0.3 is 0 Å². The summed E-state index contributed by atoms with van der Waals surface area (Å²) in [5.74, 6) is 1.72. The number of ether oxygens (including phenoxy) is 2. The van der Waals surface area contributed by atoms with Gasteiger partial charge in [-0.3, -0.25) is 0 Å². The number of hydrogen-bond acceptors (Lipinski definition) is 6. The van der Waals surface area contributed by atoms with Crippen molar-refractivity contribution >= 4 is 5.69 Å². The molecule has 1 atom stereocenters. The van der Waals surface area contributed by atoms with Crippen LogP contribution in [0.15, 0.2) is 22.7 Å². The van der Waals surface area contributed by atoms with Gasteiger partial charge in [0.25, 0.3) is 5.89 Å². The van der Waals surface area contributed by atoms with Gasteiger partial charge < -0.3 is 19.7 Å². The second-order valence-corrected chi connectivity index (χ2v) is 4.81. The van der Waals surface area contributed by atoms with E-state index in [0.717, 1.165) is 25.0 Å². The first-order valence-electron chi connectivity index (χ1n) is 6.64. The smallest absolute Gasteiger partial charge is 0.261 e. The van der Waals surface area contributed by atoms with E-state index in [1.165, 1.54) is 0 Å². The Morgan fingerprint density at radius 3 is 3.10 bits per heavy atom. The number of benzene rings is 1. The Kier molecular flexibility index (Phi) is 3.56. The fourth-order valence-electron chi connectivity index (χ4n) is 2.34. The Balaban J connectivity index is 1.82. The molecular weight excluding hydrogens is 258 g/mol. The Labute approximate surface area is 116 Å². The molecule has 0 saturated carbocycles. The third-order valence-corrected chi connectivity index (χ3v) is 3.36. The maximum absolute atomic E-state index is 5.73. The Morgan fingerprint density at radius 2 is 2.35 bits per heavy atom. The average Bonchev–Trinajstić information content (AvgIpc) is 3.11. The summed E-state index contributed by atoms with van der Waals surface area (Å²) < 4.78 is 16.2. The van der Waals surface area contributed by atoms with Crippen molar-refractivity contribution in [3.63, 3.8) is 0 Å². The highest BCUT2D eigenvalue weighted by molar-refractivity contribution is 5.66. The minimum atomic E-state index is 0.203. The van der Waals surface area contributed by atoms with E-state index in [9.17, 15) is 0 Å². The number of rotatable bonds is 4. The van der Waals surface area contributed by atoms with Crippen molar-refractivity contribution in [3.8, 4) is 17.2 Å². The fourth-order valence-corrected chi connectivity index (χ4v) is 2.34. The zero-order valence-corrected chi connectivity index (χ0v) is 11.3. The second kappa shape index (κ2) is 5.50. The molecule has 1 saturated heterocycles. The summed E-state index contributed by atoms with van der Waals surface area (Å²) in [6.45, 7) is 0.821. The lowest BCUT2D eigenvalue weighted by molar-refractivity contribution is 0.109. The van der Waals surface area contributed by atoms with Crippen molar-refractivity contribution in [3.05, 3.63) is 24.0 Å². The third-order valence-electron chi connectivity index (χ3n) is 3.36. The second-order valence-electron chi connectivity index (χ2n) is 4.81. The molecule has 6 nitrogen and oxygen atoms in total. The third kappa shape index (κ3) is 2.60. The van der Waals surface area contributed by atoms with E-state index in [1.54, 1.807) is 19.2 Å². The van der Waals surface area contributed by atoms with E-state index < -0.39 is 0 Å². The monoisotopic (exact) mass is 275 g/mol. The van der Waals surface area contributed by atoms with Crippen molar-refractivity contribution in [2.45, 2.75) is 25.4 Å². The molecule has 20 heavy (non-hydrogen) atoms. The molecule has 2 N–H and O–H groups in total. The SMILES string of the molecule is COc1cc(N)ccc1-c1nc(CC2CCCO2)no1. The van der Waals surface area contributed by atoms with E-state index in [0.29, 0.717) is 29.6 Å². The molecule has 6 heteroatoms. The predicted molar refractivity (Wildman–Crippen MR) is 73.4 cm³/mol. The Morgan fingerprint density at radius 1 is 1.45 bits per heavy atom. The molecule has 3 rings (SSSR count). The summed E-state index contributed by atoms with van der Waals surface area (Å²) in [4.78, 5) is 4.40. The number of nitrogen functional groups attached to an aromatic ring is 1. The van der Waals surface area contributed by atoms with E-state index in [1.807, 2.05) is 6.07 Å². The number of nitrogens with two attached hydrogens (primary N) is 1. The van der Waals surface area contributed by atoms with Crippen molar-refractivity contribution < 1.29 is 14.0 Å². The average molecular weight is 275 g/mol. The molecule has 0 aliphatic carbocycles. The van der Waals surface area contributed by atoms with Crippen LogP contribution in [0.1, 0.15) is 18.7 Å². The van der Waals surface area contributed by atoms with Crippen molar-refractivity contribution in [1.29, 1.82) is 0 Å².